The lowest BCUT2D eigenvalue weighted by atomic mass is 9.90. The van der Waals surface area contributed by atoms with E-state index in [1.165, 1.54) is 6.42 Å². The number of methoxy groups -OCH3 is 1. The zero-order chi connectivity index (χ0) is 29.9. The van der Waals surface area contributed by atoms with E-state index in [9.17, 15) is 4.79 Å². The topological polar surface area (TPSA) is 117 Å². The van der Waals surface area contributed by atoms with Gasteiger partial charge in [-0.15, -0.1) is 0 Å². The summed E-state index contributed by atoms with van der Waals surface area (Å²) in [6.45, 7) is 12.0. The van der Waals surface area contributed by atoms with Gasteiger partial charge >= 0.3 is 5.97 Å². The van der Waals surface area contributed by atoms with Crippen LogP contribution in [0.2, 0.25) is 0 Å². The minimum Gasteiger partial charge on any atom is -0.497 e. The Morgan fingerprint density at radius 3 is 2.40 bits per heavy atom. The molecule has 8 nitrogen and oxygen atoms in total. The van der Waals surface area contributed by atoms with E-state index in [0.717, 1.165) is 74.0 Å². The molecule has 0 saturated heterocycles. The first-order valence-corrected chi connectivity index (χ1v) is 14.5. The van der Waals surface area contributed by atoms with Crippen molar-refractivity contribution in [3.63, 3.8) is 0 Å². The Morgan fingerprint density at radius 2 is 1.88 bits per heavy atom. The van der Waals surface area contributed by atoms with Gasteiger partial charge in [-0.2, -0.15) is 4.98 Å². The highest BCUT2D eigenvalue weighted by Gasteiger charge is 2.19. The number of carboxylic acids is 1. The Balaban J connectivity index is 0.000000747. The normalized spacial score (nSPS) is 15.3. The molecule has 8 heteroatoms. The average Bonchev–Trinajstić information content (AvgIpc) is 2.93. The zero-order valence-electron chi connectivity index (χ0n) is 25.5. The second-order valence-corrected chi connectivity index (χ2v) is 10.2. The number of hydrogen-bond acceptors (Lipinski definition) is 7. The van der Waals surface area contributed by atoms with Crippen LogP contribution in [0.4, 0.5) is 5.82 Å². The van der Waals surface area contributed by atoms with E-state index in [0.29, 0.717) is 17.4 Å². The molecule has 0 aliphatic heterocycles. The molecule has 1 heterocycles. The summed E-state index contributed by atoms with van der Waals surface area (Å²) in [5, 5.41) is 20.2. The van der Waals surface area contributed by atoms with Crippen LogP contribution < -0.4 is 10.1 Å². The summed E-state index contributed by atoms with van der Waals surface area (Å²) in [5.41, 5.74) is 3.34. The van der Waals surface area contributed by atoms with Gasteiger partial charge in [-0.3, -0.25) is 9.78 Å². The van der Waals surface area contributed by atoms with E-state index < -0.39 is 5.97 Å². The lowest BCUT2D eigenvalue weighted by Gasteiger charge is -2.18. The fourth-order valence-electron chi connectivity index (χ4n) is 4.19. The Morgan fingerprint density at radius 1 is 1.18 bits per heavy atom. The summed E-state index contributed by atoms with van der Waals surface area (Å²) in [7, 11) is 1.67. The standard InChI is InChI=1S/C25H38N4O2.C7H12O2/c1-8-10-12-21(30-7)15-14-19(5)22(13-11-9-2)25(20(6)26)29-23-16-27-17-24(28-23)31-18(3)4;8-7(9)6-4-2-1-3-5-6/h10,12,14-18,26H,8-9,11,13H2,1-7H3,(H,28,29);6H,1-5H2,(H,8,9)/b12-10+,19-14+,21-15+,25-22-,26-20?;. The van der Waals surface area contributed by atoms with E-state index in [4.69, 9.17) is 20.0 Å². The van der Waals surface area contributed by atoms with Crippen LogP contribution in [-0.4, -0.2) is 40.0 Å². The molecule has 40 heavy (non-hydrogen) atoms. The highest BCUT2D eigenvalue weighted by molar-refractivity contribution is 5.99. The number of anilines is 1. The van der Waals surface area contributed by atoms with E-state index in [1.807, 2.05) is 32.1 Å². The molecule has 0 amide bonds. The van der Waals surface area contributed by atoms with Crippen molar-refractivity contribution in [2.45, 2.75) is 105 Å². The van der Waals surface area contributed by atoms with Gasteiger partial charge in [0.05, 0.1) is 42.9 Å². The molecule has 222 valence electrons. The first-order valence-electron chi connectivity index (χ1n) is 14.5. The number of allylic oxidation sites excluding steroid dienone is 7. The number of unbranched alkanes of at least 4 members (excludes halogenated alkanes) is 1. The summed E-state index contributed by atoms with van der Waals surface area (Å²) in [6, 6.07) is 0. The van der Waals surface area contributed by atoms with Gasteiger partial charge in [0, 0.05) is 0 Å². The molecule has 0 bridgehead atoms. The summed E-state index contributed by atoms with van der Waals surface area (Å²) >= 11 is 0. The molecular formula is C32H50N4O4. The third-order valence-corrected chi connectivity index (χ3v) is 6.36. The summed E-state index contributed by atoms with van der Waals surface area (Å²) < 4.78 is 11.1. The molecule has 2 rings (SSSR count). The van der Waals surface area contributed by atoms with Crippen LogP contribution >= 0.6 is 0 Å². The monoisotopic (exact) mass is 554 g/mol. The van der Waals surface area contributed by atoms with Crippen molar-refractivity contribution in [2.75, 3.05) is 12.4 Å². The molecule has 1 aromatic rings. The summed E-state index contributed by atoms with van der Waals surface area (Å²) in [4.78, 5) is 19.1. The van der Waals surface area contributed by atoms with Gasteiger partial charge in [0.15, 0.2) is 5.82 Å². The third kappa shape index (κ3) is 13.6. The average molecular weight is 555 g/mol. The van der Waals surface area contributed by atoms with Crippen LogP contribution in [0.25, 0.3) is 0 Å². The zero-order valence-corrected chi connectivity index (χ0v) is 25.5. The number of rotatable bonds is 14. The van der Waals surface area contributed by atoms with Crippen LogP contribution in [0.15, 0.2) is 59.3 Å². The van der Waals surface area contributed by atoms with Gasteiger partial charge in [0.1, 0.15) is 5.76 Å². The van der Waals surface area contributed by atoms with E-state index >= 15 is 0 Å². The largest absolute Gasteiger partial charge is 0.497 e. The predicted octanol–water partition coefficient (Wildman–Crippen LogP) is 8.25. The summed E-state index contributed by atoms with van der Waals surface area (Å²) in [5.74, 6) is 1.18. The number of carbonyl (C=O) groups is 1. The Bertz CT molecular complexity index is 1050. The lowest BCUT2D eigenvalue weighted by Crippen LogP contribution is -2.16. The molecule has 0 unspecified atom stereocenters. The van der Waals surface area contributed by atoms with Crippen molar-refractivity contribution in [3.05, 3.63) is 59.3 Å². The van der Waals surface area contributed by atoms with Crippen molar-refractivity contribution in [2.24, 2.45) is 5.92 Å². The number of carboxylic acid groups (broad SMARTS) is 1. The third-order valence-electron chi connectivity index (χ3n) is 6.36. The molecule has 1 fully saturated rings. The van der Waals surface area contributed by atoms with Gasteiger partial charge in [0.2, 0.25) is 5.88 Å². The highest BCUT2D eigenvalue weighted by Crippen LogP contribution is 2.25. The molecule has 3 N–H and O–H groups in total. The lowest BCUT2D eigenvalue weighted by molar-refractivity contribution is -0.142. The maximum absolute atomic E-state index is 10.4. The van der Waals surface area contributed by atoms with Crippen LogP contribution in [0, 0.1) is 11.3 Å². The minimum atomic E-state index is -0.602. The van der Waals surface area contributed by atoms with Gasteiger partial charge < -0.3 is 25.3 Å². The highest BCUT2D eigenvalue weighted by atomic mass is 16.5. The van der Waals surface area contributed by atoms with Crippen molar-refractivity contribution in [3.8, 4) is 5.88 Å². The van der Waals surface area contributed by atoms with Crippen molar-refractivity contribution < 1.29 is 19.4 Å². The maximum atomic E-state index is 10.4. The molecule has 0 radical (unpaired) electrons. The van der Waals surface area contributed by atoms with Crippen molar-refractivity contribution in [1.82, 2.24) is 9.97 Å². The van der Waals surface area contributed by atoms with Crippen LogP contribution in [-0.2, 0) is 9.53 Å². The molecule has 1 saturated carbocycles. The van der Waals surface area contributed by atoms with Gasteiger partial charge in [-0.05, 0) is 83.1 Å². The molecule has 0 aromatic carbocycles. The van der Waals surface area contributed by atoms with E-state index in [2.05, 4.69) is 42.1 Å². The molecule has 1 aromatic heterocycles. The van der Waals surface area contributed by atoms with Gasteiger partial charge in [0.25, 0.3) is 0 Å². The Labute approximate surface area is 241 Å². The second-order valence-electron chi connectivity index (χ2n) is 10.2. The first-order chi connectivity index (χ1) is 19.1. The summed E-state index contributed by atoms with van der Waals surface area (Å²) in [6.07, 6.45) is 20.4. The molecule has 1 aliphatic rings. The fourth-order valence-corrected chi connectivity index (χ4v) is 4.19. The molecule has 0 atom stereocenters. The number of nitrogens with zero attached hydrogens (tertiary/aromatic N) is 2. The number of ether oxygens (including phenoxy) is 2. The molecular weight excluding hydrogens is 504 g/mol. The maximum Gasteiger partial charge on any atom is 0.306 e. The predicted molar refractivity (Wildman–Crippen MR) is 164 cm³/mol. The number of aromatic nitrogens is 2. The first kappa shape index (κ1) is 34.6. The molecule has 1 aliphatic carbocycles. The van der Waals surface area contributed by atoms with Crippen LogP contribution in [0.3, 0.4) is 0 Å². The Hall–Kier alpha value is -3.42. The Kier molecular flexibility index (Phi) is 17.0. The van der Waals surface area contributed by atoms with Crippen LogP contribution in [0.1, 0.15) is 99.3 Å². The smallest absolute Gasteiger partial charge is 0.306 e. The van der Waals surface area contributed by atoms with Gasteiger partial charge in [-0.1, -0.05) is 51.7 Å². The van der Waals surface area contributed by atoms with E-state index in [1.54, 1.807) is 26.4 Å². The number of aliphatic carboxylic acids is 1. The fraction of sp³-hybridized carbons (Fsp3) is 0.562. The minimum absolute atomic E-state index is 0.0119. The quantitative estimate of drug-likeness (QED) is 0.120. The SMILES string of the molecule is CC/C=C/C(=C\C=C(C)\C(CCCC)=C(/Nc1cncc(OC(C)C)n1)C(C)=N)OC.O=C(O)C1CCCCC1. The van der Waals surface area contributed by atoms with Crippen LogP contribution in [0.5, 0.6) is 5.88 Å². The van der Waals surface area contributed by atoms with Crippen molar-refractivity contribution in [1.29, 1.82) is 5.41 Å². The molecule has 0 spiro atoms. The number of hydrogen-bond donors (Lipinski definition) is 3. The van der Waals surface area contributed by atoms with E-state index in [-0.39, 0.29) is 12.0 Å². The van der Waals surface area contributed by atoms with Crippen molar-refractivity contribution >= 4 is 17.5 Å². The second kappa shape index (κ2) is 19.6. The number of nitrogens with one attached hydrogen (secondary N) is 2. The van der Waals surface area contributed by atoms with Gasteiger partial charge in [-0.25, -0.2) is 0 Å².